The summed E-state index contributed by atoms with van der Waals surface area (Å²) in [5.41, 5.74) is 1.56. The van der Waals surface area contributed by atoms with Gasteiger partial charge in [0.2, 0.25) is 0 Å². The number of ether oxygens (including phenoxy) is 1. The highest BCUT2D eigenvalue weighted by Gasteiger charge is 2.10. The monoisotopic (exact) mass is 346 g/mol. The molecule has 0 aromatic heterocycles. The summed E-state index contributed by atoms with van der Waals surface area (Å²) >= 11 is 0. The first-order chi connectivity index (χ1) is 12.0. The van der Waals surface area contributed by atoms with Crippen molar-refractivity contribution >= 4 is 11.6 Å². The van der Waals surface area contributed by atoms with E-state index in [1.54, 1.807) is 12.1 Å². The molecule has 0 bridgehead atoms. The van der Waals surface area contributed by atoms with Gasteiger partial charge in [-0.25, -0.2) is 4.39 Å². The van der Waals surface area contributed by atoms with E-state index in [-0.39, 0.29) is 24.9 Å². The number of carbonyl (C=O) groups is 1. The van der Waals surface area contributed by atoms with Crippen LogP contribution in [0.2, 0.25) is 0 Å². The maximum absolute atomic E-state index is 12.8. The molecule has 0 saturated heterocycles. The first-order valence-electron chi connectivity index (χ1n) is 8.15. The van der Waals surface area contributed by atoms with Crippen molar-refractivity contribution in [3.05, 3.63) is 59.9 Å². The maximum atomic E-state index is 12.8. The molecule has 6 heteroatoms. The van der Waals surface area contributed by atoms with Gasteiger partial charge in [0.1, 0.15) is 24.3 Å². The van der Waals surface area contributed by atoms with E-state index in [9.17, 15) is 14.3 Å². The fraction of sp³-hybridized carbons (Fsp3) is 0.316. The van der Waals surface area contributed by atoms with Gasteiger partial charge in [-0.1, -0.05) is 0 Å². The van der Waals surface area contributed by atoms with E-state index in [1.807, 2.05) is 19.2 Å². The molecule has 1 atom stereocenters. The third-order valence-corrected chi connectivity index (χ3v) is 3.80. The van der Waals surface area contributed by atoms with Gasteiger partial charge in [0.05, 0.1) is 0 Å². The zero-order chi connectivity index (χ0) is 18.2. The number of hydrogen-bond acceptors (Lipinski definition) is 4. The Hall–Kier alpha value is -2.60. The van der Waals surface area contributed by atoms with Crippen LogP contribution >= 0.6 is 0 Å². The zero-order valence-corrected chi connectivity index (χ0v) is 14.4. The van der Waals surface area contributed by atoms with Crippen LogP contribution in [-0.4, -0.2) is 43.9 Å². The zero-order valence-electron chi connectivity index (χ0n) is 14.4. The van der Waals surface area contributed by atoms with E-state index in [4.69, 9.17) is 4.74 Å². The van der Waals surface area contributed by atoms with E-state index in [0.29, 0.717) is 11.3 Å². The molecular weight excluding hydrogens is 323 g/mol. The van der Waals surface area contributed by atoms with Gasteiger partial charge < -0.3 is 20.1 Å². The molecule has 2 aromatic carbocycles. The number of anilines is 1. The number of aliphatic hydroxyl groups is 1. The molecule has 2 rings (SSSR count). The molecule has 0 fully saturated rings. The Morgan fingerprint density at radius 2 is 1.84 bits per heavy atom. The average Bonchev–Trinajstić information content (AvgIpc) is 2.65. The van der Waals surface area contributed by atoms with Gasteiger partial charge in [-0.05, 0) is 55.5 Å². The van der Waals surface area contributed by atoms with Crippen LogP contribution in [0.5, 0.6) is 5.75 Å². The molecule has 0 aliphatic carbocycles. The van der Waals surface area contributed by atoms with Crippen LogP contribution in [0, 0.1) is 5.82 Å². The minimum Gasteiger partial charge on any atom is -0.491 e. The van der Waals surface area contributed by atoms with Crippen LogP contribution in [0.4, 0.5) is 10.1 Å². The van der Waals surface area contributed by atoms with Crippen molar-refractivity contribution in [2.45, 2.75) is 13.0 Å². The quantitative estimate of drug-likeness (QED) is 0.771. The molecule has 5 nitrogen and oxygen atoms in total. The predicted molar refractivity (Wildman–Crippen MR) is 95.6 cm³/mol. The molecule has 2 N–H and O–H groups in total. The smallest absolute Gasteiger partial charge is 0.251 e. The highest BCUT2D eigenvalue weighted by Crippen LogP contribution is 2.13. The molecule has 0 aliphatic rings. The SMILES string of the molecule is CCN(C)c1ccc(C(=O)NCC(O)COc2ccc(F)cc2)cc1. The Bertz CT molecular complexity index is 674. The van der Waals surface area contributed by atoms with Crippen molar-refractivity contribution in [2.75, 3.05) is 31.6 Å². The highest BCUT2D eigenvalue weighted by atomic mass is 19.1. The second kappa shape index (κ2) is 9.03. The first-order valence-corrected chi connectivity index (χ1v) is 8.15. The summed E-state index contributed by atoms with van der Waals surface area (Å²) in [6.45, 7) is 3.00. The number of nitrogens with one attached hydrogen (secondary N) is 1. The molecule has 0 radical (unpaired) electrons. The number of carbonyl (C=O) groups excluding carboxylic acids is 1. The van der Waals surface area contributed by atoms with Gasteiger partial charge in [0.25, 0.3) is 5.91 Å². The standard InChI is InChI=1S/C19H23FN2O3/c1-3-22(2)16-8-4-14(5-9-16)19(24)21-12-17(23)13-25-18-10-6-15(20)7-11-18/h4-11,17,23H,3,12-13H2,1-2H3,(H,21,24). The fourth-order valence-corrected chi connectivity index (χ4v) is 2.14. The van der Waals surface area contributed by atoms with E-state index in [1.165, 1.54) is 24.3 Å². The summed E-state index contributed by atoms with van der Waals surface area (Å²) in [7, 11) is 1.98. The Morgan fingerprint density at radius 1 is 1.20 bits per heavy atom. The summed E-state index contributed by atoms with van der Waals surface area (Å²) in [5, 5.41) is 12.6. The largest absolute Gasteiger partial charge is 0.491 e. The molecule has 25 heavy (non-hydrogen) atoms. The van der Waals surface area contributed by atoms with Crippen molar-refractivity contribution < 1.29 is 19.0 Å². The minimum absolute atomic E-state index is 0.00610. The van der Waals surface area contributed by atoms with Gasteiger partial charge in [-0.3, -0.25) is 4.79 Å². The second-order valence-corrected chi connectivity index (χ2v) is 5.69. The van der Waals surface area contributed by atoms with Crippen molar-refractivity contribution in [3.63, 3.8) is 0 Å². The van der Waals surface area contributed by atoms with E-state index >= 15 is 0 Å². The van der Waals surface area contributed by atoms with Gasteiger partial charge in [-0.15, -0.1) is 0 Å². The van der Waals surface area contributed by atoms with Crippen molar-refractivity contribution in [1.82, 2.24) is 5.32 Å². The van der Waals surface area contributed by atoms with Crippen LogP contribution in [0.25, 0.3) is 0 Å². The Balaban J connectivity index is 1.77. The van der Waals surface area contributed by atoms with Crippen molar-refractivity contribution in [3.8, 4) is 5.75 Å². The van der Waals surface area contributed by atoms with Gasteiger partial charge >= 0.3 is 0 Å². The topological polar surface area (TPSA) is 61.8 Å². The van der Waals surface area contributed by atoms with E-state index in [2.05, 4.69) is 17.1 Å². The van der Waals surface area contributed by atoms with Crippen molar-refractivity contribution in [1.29, 1.82) is 0 Å². The Labute approximate surface area is 147 Å². The third kappa shape index (κ3) is 5.76. The van der Waals surface area contributed by atoms with Crippen molar-refractivity contribution in [2.24, 2.45) is 0 Å². The van der Waals surface area contributed by atoms with E-state index in [0.717, 1.165) is 12.2 Å². The maximum Gasteiger partial charge on any atom is 0.251 e. The molecule has 0 heterocycles. The molecule has 2 aromatic rings. The Kier molecular flexibility index (Phi) is 6.77. The fourth-order valence-electron chi connectivity index (χ4n) is 2.14. The summed E-state index contributed by atoms with van der Waals surface area (Å²) in [5.74, 6) is -0.148. The molecule has 1 unspecified atom stereocenters. The van der Waals surface area contributed by atoms with Crippen LogP contribution < -0.4 is 15.0 Å². The molecule has 1 amide bonds. The summed E-state index contributed by atoms with van der Waals surface area (Å²) in [4.78, 5) is 14.2. The second-order valence-electron chi connectivity index (χ2n) is 5.69. The molecule has 0 spiro atoms. The number of benzene rings is 2. The number of rotatable bonds is 8. The predicted octanol–water partition coefficient (Wildman–Crippen LogP) is 2.45. The number of nitrogens with zero attached hydrogens (tertiary/aromatic N) is 1. The molecule has 0 saturated carbocycles. The molecule has 134 valence electrons. The Morgan fingerprint density at radius 3 is 2.44 bits per heavy atom. The van der Waals surface area contributed by atoms with Gasteiger partial charge in [0, 0.05) is 31.4 Å². The summed E-state index contributed by atoms with van der Waals surface area (Å²) in [6.07, 6.45) is -0.862. The number of amides is 1. The summed E-state index contributed by atoms with van der Waals surface area (Å²) < 4.78 is 18.1. The lowest BCUT2D eigenvalue weighted by atomic mass is 10.2. The van der Waals surface area contributed by atoms with Crippen LogP contribution in [0.3, 0.4) is 0 Å². The van der Waals surface area contributed by atoms with E-state index < -0.39 is 6.10 Å². The molecular formula is C19H23FN2O3. The lowest BCUT2D eigenvalue weighted by molar-refractivity contribution is 0.0843. The number of halogens is 1. The van der Waals surface area contributed by atoms with Crippen LogP contribution in [0.15, 0.2) is 48.5 Å². The minimum atomic E-state index is -0.862. The normalized spacial score (nSPS) is 11.7. The third-order valence-electron chi connectivity index (χ3n) is 3.80. The average molecular weight is 346 g/mol. The highest BCUT2D eigenvalue weighted by molar-refractivity contribution is 5.94. The number of aliphatic hydroxyl groups excluding tert-OH is 1. The lowest BCUT2D eigenvalue weighted by Crippen LogP contribution is -2.35. The molecule has 0 aliphatic heterocycles. The number of hydrogen-bond donors (Lipinski definition) is 2. The van der Waals surface area contributed by atoms with Crippen LogP contribution in [0.1, 0.15) is 17.3 Å². The lowest BCUT2D eigenvalue weighted by Gasteiger charge is -2.17. The first kappa shape index (κ1) is 18.7. The van der Waals surface area contributed by atoms with Gasteiger partial charge in [0.15, 0.2) is 0 Å². The summed E-state index contributed by atoms with van der Waals surface area (Å²) in [6, 6.07) is 12.8. The van der Waals surface area contributed by atoms with Crippen LogP contribution in [-0.2, 0) is 0 Å². The van der Waals surface area contributed by atoms with Gasteiger partial charge in [-0.2, -0.15) is 0 Å².